The summed E-state index contributed by atoms with van der Waals surface area (Å²) in [5, 5.41) is 4.38. The van der Waals surface area contributed by atoms with Gasteiger partial charge in [-0.05, 0) is 42.5 Å². The molecular weight excluding hydrogens is 246 g/mol. The SMILES string of the molecule is CCNC1c2cc(SC)ccc2CSC1CC. The second kappa shape index (κ2) is 6.17. The maximum atomic E-state index is 3.66. The lowest BCUT2D eigenvalue weighted by Gasteiger charge is -2.33. The molecule has 2 unspecified atom stereocenters. The zero-order valence-corrected chi connectivity index (χ0v) is 12.5. The van der Waals surface area contributed by atoms with Crippen LogP contribution < -0.4 is 5.32 Å². The first-order valence-corrected chi connectivity index (χ1v) is 8.59. The third-order valence-corrected chi connectivity index (χ3v) is 5.58. The van der Waals surface area contributed by atoms with Crippen molar-refractivity contribution in [3.63, 3.8) is 0 Å². The second-order valence-corrected chi connectivity index (χ2v) is 6.46. The minimum Gasteiger partial charge on any atom is -0.309 e. The molecule has 94 valence electrons. The number of thioether (sulfide) groups is 2. The number of nitrogens with one attached hydrogen (secondary N) is 1. The molecule has 1 aromatic carbocycles. The van der Waals surface area contributed by atoms with Gasteiger partial charge in [0.05, 0.1) is 0 Å². The molecule has 0 saturated heterocycles. The molecule has 0 aromatic heterocycles. The van der Waals surface area contributed by atoms with Crippen LogP contribution in [0.3, 0.4) is 0 Å². The van der Waals surface area contributed by atoms with E-state index in [1.165, 1.54) is 28.2 Å². The zero-order chi connectivity index (χ0) is 12.3. The van der Waals surface area contributed by atoms with Gasteiger partial charge < -0.3 is 5.32 Å². The van der Waals surface area contributed by atoms with Crippen LogP contribution in [-0.4, -0.2) is 18.1 Å². The Morgan fingerprint density at radius 3 is 2.88 bits per heavy atom. The zero-order valence-electron chi connectivity index (χ0n) is 10.8. The number of hydrogen-bond donors (Lipinski definition) is 1. The van der Waals surface area contributed by atoms with Crippen molar-refractivity contribution in [1.82, 2.24) is 5.32 Å². The summed E-state index contributed by atoms with van der Waals surface area (Å²) in [7, 11) is 0. The quantitative estimate of drug-likeness (QED) is 0.825. The minimum atomic E-state index is 0.533. The highest BCUT2D eigenvalue weighted by Gasteiger charge is 2.28. The standard InChI is InChI=1S/C14H21NS2/c1-4-13-14(15-5-2)12-8-11(16-3)7-6-10(12)9-17-13/h6-8,13-15H,4-5,9H2,1-3H3. The number of benzene rings is 1. The van der Waals surface area contributed by atoms with Crippen LogP contribution in [0.15, 0.2) is 23.1 Å². The molecule has 0 saturated carbocycles. The number of rotatable bonds is 4. The van der Waals surface area contributed by atoms with Gasteiger partial charge in [-0.25, -0.2) is 0 Å². The van der Waals surface area contributed by atoms with Crippen molar-refractivity contribution >= 4 is 23.5 Å². The first-order chi connectivity index (χ1) is 8.30. The topological polar surface area (TPSA) is 12.0 Å². The fraction of sp³-hybridized carbons (Fsp3) is 0.571. The fourth-order valence-corrected chi connectivity index (χ4v) is 4.21. The lowest BCUT2D eigenvalue weighted by molar-refractivity contribution is 0.513. The Bertz CT molecular complexity index is 378. The van der Waals surface area contributed by atoms with Crippen molar-refractivity contribution in [3.05, 3.63) is 29.3 Å². The highest BCUT2D eigenvalue weighted by molar-refractivity contribution is 7.99. The van der Waals surface area contributed by atoms with Crippen LogP contribution in [-0.2, 0) is 5.75 Å². The molecule has 0 radical (unpaired) electrons. The Morgan fingerprint density at radius 1 is 1.41 bits per heavy atom. The lowest BCUT2D eigenvalue weighted by atomic mass is 9.96. The number of fused-ring (bicyclic) bond motifs is 1. The van der Waals surface area contributed by atoms with Crippen molar-refractivity contribution in [2.45, 2.75) is 42.2 Å². The van der Waals surface area contributed by atoms with Crippen LogP contribution in [0.1, 0.15) is 37.4 Å². The predicted molar refractivity (Wildman–Crippen MR) is 80.0 cm³/mol. The summed E-state index contributed by atoms with van der Waals surface area (Å²) in [6, 6.07) is 7.48. The molecule has 2 rings (SSSR count). The van der Waals surface area contributed by atoms with Crippen LogP contribution >= 0.6 is 23.5 Å². The Morgan fingerprint density at radius 2 is 2.24 bits per heavy atom. The van der Waals surface area contributed by atoms with Crippen molar-refractivity contribution < 1.29 is 0 Å². The van der Waals surface area contributed by atoms with Gasteiger partial charge in [-0.2, -0.15) is 11.8 Å². The first kappa shape index (κ1) is 13.3. The highest BCUT2D eigenvalue weighted by atomic mass is 32.2. The maximum Gasteiger partial charge on any atom is 0.0443 e. The summed E-state index contributed by atoms with van der Waals surface area (Å²) in [5.74, 6) is 1.17. The predicted octanol–water partition coefficient (Wildman–Crippen LogP) is 4.08. The van der Waals surface area contributed by atoms with Crippen LogP contribution in [0, 0.1) is 0 Å². The molecule has 0 bridgehead atoms. The Labute approximate surface area is 113 Å². The van der Waals surface area contributed by atoms with Gasteiger partial charge >= 0.3 is 0 Å². The lowest BCUT2D eigenvalue weighted by Crippen LogP contribution is -2.33. The first-order valence-electron chi connectivity index (χ1n) is 6.32. The van der Waals surface area contributed by atoms with E-state index in [1.54, 1.807) is 0 Å². The van der Waals surface area contributed by atoms with E-state index in [1.807, 2.05) is 11.8 Å². The molecule has 0 fully saturated rings. The molecule has 1 heterocycles. The van der Waals surface area contributed by atoms with E-state index in [4.69, 9.17) is 0 Å². The average Bonchev–Trinajstić information content (AvgIpc) is 2.39. The molecule has 1 aromatic rings. The van der Waals surface area contributed by atoms with E-state index in [2.05, 4.69) is 55.4 Å². The molecule has 1 N–H and O–H groups in total. The summed E-state index contributed by atoms with van der Waals surface area (Å²) in [6.45, 7) is 5.54. The van der Waals surface area contributed by atoms with Gasteiger partial charge in [0.2, 0.25) is 0 Å². The van der Waals surface area contributed by atoms with Crippen molar-refractivity contribution in [2.24, 2.45) is 0 Å². The summed E-state index contributed by atoms with van der Waals surface area (Å²) in [6.07, 6.45) is 3.39. The van der Waals surface area contributed by atoms with Gasteiger partial charge in [0.1, 0.15) is 0 Å². The molecule has 2 atom stereocenters. The van der Waals surface area contributed by atoms with Gasteiger partial charge in [0, 0.05) is 21.9 Å². The largest absolute Gasteiger partial charge is 0.309 e. The van der Waals surface area contributed by atoms with Gasteiger partial charge in [-0.3, -0.25) is 0 Å². The Kier molecular flexibility index (Phi) is 4.83. The van der Waals surface area contributed by atoms with Gasteiger partial charge in [-0.1, -0.05) is 19.9 Å². The molecular formula is C14H21NS2. The molecule has 1 aliphatic rings. The normalized spacial score (nSPS) is 23.5. The average molecular weight is 267 g/mol. The monoisotopic (exact) mass is 267 g/mol. The third kappa shape index (κ3) is 2.83. The maximum absolute atomic E-state index is 3.66. The van der Waals surface area contributed by atoms with Crippen molar-refractivity contribution in [1.29, 1.82) is 0 Å². The van der Waals surface area contributed by atoms with E-state index < -0.39 is 0 Å². The van der Waals surface area contributed by atoms with Crippen LogP contribution in [0.25, 0.3) is 0 Å². The van der Waals surface area contributed by atoms with Gasteiger partial charge in [0.25, 0.3) is 0 Å². The summed E-state index contributed by atoms with van der Waals surface area (Å²) in [4.78, 5) is 1.38. The van der Waals surface area contributed by atoms with E-state index in [9.17, 15) is 0 Å². The van der Waals surface area contributed by atoms with Crippen molar-refractivity contribution in [3.8, 4) is 0 Å². The molecule has 0 amide bonds. The minimum absolute atomic E-state index is 0.533. The van der Waals surface area contributed by atoms with E-state index >= 15 is 0 Å². The molecule has 1 aliphatic heterocycles. The smallest absolute Gasteiger partial charge is 0.0443 e. The Hall–Kier alpha value is -0.120. The molecule has 1 nitrogen and oxygen atoms in total. The third-order valence-electron chi connectivity index (χ3n) is 3.34. The Balaban J connectivity index is 2.35. The second-order valence-electron chi connectivity index (χ2n) is 4.36. The summed E-state index contributed by atoms with van der Waals surface area (Å²) >= 11 is 3.93. The van der Waals surface area contributed by atoms with Crippen LogP contribution in [0.4, 0.5) is 0 Å². The number of hydrogen-bond acceptors (Lipinski definition) is 3. The van der Waals surface area contributed by atoms with Crippen LogP contribution in [0.2, 0.25) is 0 Å². The highest BCUT2D eigenvalue weighted by Crippen LogP contribution is 2.40. The van der Waals surface area contributed by atoms with Gasteiger partial charge in [-0.15, -0.1) is 11.8 Å². The fourth-order valence-electron chi connectivity index (χ4n) is 2.43. The van der Waals surface area contributed by atoms with Crippen LogP contribution in [0.5, 0.6) is 0 Å². The van der Waals surface area contributed by atoms with E-state index in [-0.39, 0.29) is 0 Å². The van der Waals surface area contributed by atoms with E-state index in [0.717, 1.165) is 11.8 Å². The molecule has 17 heavy (non-hydrogen) atoms. The summed E-state index contributed by atoms with van der Waals surface area (Å²) in [5.41, 5.74) is 3.05. The molecule has 0 aliphatic carbocycles. The summed E-state index contributed by atoms with van der Waals surface area (Å²) < 4.78 is 0. The molecule has 3 heteroatoms. The van der Waals surface area contributed by atoms with Gasteiger partial charge in [0.15, 0.2) is 0 Å². The molecule has 0 spiro atoms. The van der Waals surface area contributed by atoms with Crippen molar-refractivity contribution in [2.75, 3.05) is 12.8 Å². The van der Waals surface area contributed by atoms with E-state index in [0.29, 0.717) is 6.04 Å².